The Morgan fingerprint density at radius 2 is 2.20 bits per heavy atom. The molecule has 3 nitrogen and oxygen atoms in total. The average Bonchev–Trinajstić information content (AvgIpc) is 2.28. The van der Waals surface area contributed by atoms with Gasteiger partial charge in [-0.05, 0) is 31.0 Å². The molecule has 3 heteroatoms. The van der Waals surface area contributed by atoms with Crippen LogP contribution in [0.3, 0.4) is 0 Å². The maximum atomic E-state index is 10.1. The monoisotopic (exact) mass is 204 g/mol. The van der Waals surface area contributed by atoms with E-state index in [0.29, 0.717) is 24.4 Å². The Labute approximate surface area is 89.0 Å². The zero-order valence-corrected chi connectivity index (χ0v) is 8.74. The number of benzene rings is 1. The maximum absolute atomic E-state index is 10.1. The number of hydrogen-bond acceptors (Lipinski definition) is 3. The van der Waals surface area contributed by atoms with Crippen molar-refractivity contribution >= 4 is 6.29 Å². The molecule has 0 atom stereocenters. The van der Waals surface area contributed by atoms with Crippen LogP contribution < -0.4 is 9.47 Å². The molecule has 0 fully saturated rings. The van der Waals surface area contributed by atoms with Crippen molar-refractivity contribution in [2.45, 2.75) is 6.92 Å². The summed E-state index contributed by atoms with van der Waals surface area (Å²) < 4.78 is 10.5. The molecule has 0 saturated heterocycles. The van der Waals surface area contributed by atoms with Crippen LogP contribution in [0.15, 0.2) is 18.2 Å². The lowest BCUT2D eigenvalue weighted by Crippen LogP contribution is -1.95. The summed E-state index contributed by atoms with van der Waals surface area (Å²) in [7, 11) is 1.56. The van der Waals surface area contributed by atoms with Gasteiger partial charge in [-0.25, -0.2) is 0 Å². The fourth-order valence-corrected chi connectivity index (χ4v) is 1.13. The molecule has 0 radical (unpaired) electrons. The third-order valence-corrected chi connectivity index (χ3v) is 1.74. The normalized spacial score (nSPS) is 8.67. The van der Waals surface area contributed by atoms with Gasteiger partial charge < -0.3 is 9.47 Å². The second-order valence-corrected chi connectivity index (χ2v) is 2.69. The first kappa shape index (κ1) is 11.1. The van der Waals surface area contributed by atoms with Gasteiger partial charge in [0.25, 0.3) is 0 Å². The molecule has 0 unspecified atom stereocenters. The summed E-state index contributed by atoms with van der Waals surface area (Å²) in [4.78, 5) is 10.1. The van der Waals surface area contributed by atoms with E-state index < -0.39 is 0 Å². The number of ether oxygens (including phenoxy) is 2. The van der Waals surface area contributed by atoms with Crippen molar-refractivity contribution in [3.8, 4) is 23.3 Å². The Morgan fingerprint density at radius 3 is 2.80 bits per heavy atom. The van der Waals surface area contributed by atoms with Gasteiger partial charge in [-0.1, -0.05) is 5.92 Å². The molecule has 0 saturated carbocycles. The Bertz CT molecular complexity index is 399. The summed E-state index contributed by atoms with van der Waals surface area (Å²) in [5, 5.41) is 0. The van der Waals surface area contributed by atoms with Crippen LogP contribution in [0.2, 0.25) is 0 Å². The van der Waals surface area contributed by atoms with E-state index >= 15 is 0 Å². The van der Waals surface area contributed by atoms with E-state index in [1.165, 1.54) is 0 Å². The third kappa shape index (κ3) is 3.03. The van der Waals surface area contributed by atoms with E-state index in [1.807, 2.05) is 6.92 Å². The van der Waals surface area contributed by atoms with Gasteiger partial charge in [0, 0.05) is 5.56 Å². The maximum Gasteiger partial charge on any atom is 0.193 e. The first-order valence-electron chi connectivity index (χ1n) is 4.57. The highest BCUT2D eigenvalue weighted by atomic mass is 16.5. The van der Waals surface area contributed by atoms with Crippen molar-refractivity contribution in [1.29, 1.82) is 0 Å². The van der Waals surface area contributed by atoms with Crippen molar-refractivity contribution in [3.63, 3.8) is 0 Å². The lowest BCUT2D eigenvalue weighted by molar-refractivity contribution is -0.103. The topological polar surface area (TPSA) is 35.5 Å². The van der Waals surface area contributed by atoms with Crippen LogP contribution >= 0.6 is 0 Å². The SMILES string of the molecule is CCOc1ccc(C#CC=O)cc1OC. The second kappa shape index (κ2) is 5.71. The van der Waals surface area contributed by atoms with Crippen molar-refractivity contribution in [1.82, 2.24) is 0 Å². The predicted molar refractivity (Wildman–Crippen MR) is 57.1 cm³/mol. The lowest BCUT2D eigenvalue weighted by atomic mass is 10.2. The molecular weight excluding hydrogens is 192 g/mol. The molecule has 0 aliphatic carbocycles. The number of carbonyl (C=O) groups excluding carboxylic acids is 1. The number of carbonyl (C=O) groups is 1. The van der Waals surface area contributed by atoms with Gasteiger partial charge in [0.15, 0.2) is 17.8 Å². The van der Waals surface area contributed by atoms with E-state index in [0.717, 1.165) is 5.56 Å². The first-order chi connectivity index (χ1) is 7.31. The Hall–Kier alpha value is -1.95. The van der Waals surface area contributed by atoms with E-state index in [-0.39, 0.29) is 0 Å². The fourth-order valence-electron chi connectivity index (χ4n) is 1.13. The number of aldehydes is 1. The number of hydrogen-bond donors (Lipinski definition) is 0. The molecule has 1 aromatic carbocycles. The van der Waals surface area contributed by atoms with E-state index in [9.17, 15) is 4.79 Å². The average molecular weight is 204 g/mol. The highest BCUT2D eigenvalue weighted by Crippen LogP contribution is 2.27. The number of methoxy groups -OCH3 is 1. The van der Waals surface area contributed by atoms with Crippen molar-refractivity contribution in [2.24, 2.45) is 0 Å². The molecule has 0 bridgehead atoms. The van der Waals surface area contributed by atoms with Crippen LogP contribution in [0.4, 0.5) is 0 Å². The molecular formula is C12H12O3. The summed E-state index contributed by atoms with van der Waals surface area (Å²) in [5.74, 6) is 6.32. The van der Waals surface area contributed by atoms with Gasteiger partial charge in [0.05, 0.1) is 13.7 Å². The van der Waals surface area contributed by atoms with Crippen LogP contribution in [0.25, 0.3) is 0 Å². The van der Waals surface area contributed by atoms with E-state index in [2.05, 4.69) is 11.8 Å². The van der Waals surface area contributed by atoms with Crippen LogP contribution in [0.1, 0.15) is 12.5 Å². The van der Waals surface area contributed by atoms with Crippen molar-refractivity contribution in [2.75, 3.05) is 13.7 Å². The quantitative estimate of drug-likeness (QED) is 0.554. The van der Waals surface area contributed by atoms with Gasteiger partial charge in [0.1, 0.15) is 0 Å². The zero-order chi connectivity index (χ0) is 11.1. The van der Waals surface area contributed by atoms with Crippen LogP contribution in [0.5, 0.6) is 11.5 Å². The van der Waals surface area contributed by atoms with Gasteiger partial charge in [0.2, 0.25) is 0 Å². The van der Waals surface area contributed by atoms with Gasteiger partial charge in [-0.15, -0.1) is 0 Å². The molecule has 1 aromatic rings. The molecule has 0 aliphatic rings. The van der Waals surface area contributed by atoms with Gasteiger partial charge in [-0.3, -0.25) is 4.79 Å². The fraction of sp³-hybridized carbons (Fsp3) is 0.250. The minimum Gasteiger partial charge on any atom is -0.493 e. The minimum atomic E-state index is 0.558. The zero-order valence-electron chi connectivity index (χ0n) is 8.74. The summed E-state index contributed by atoms with van der Waals surface area (Å²) in [6.07, 6.45) is 0.558. The summed E-state index contributed by atoms with van der Waals surface area (Å²) in [6.45, 7) is 2.48. The molecule has 0 spiro atoms. The molecule has 78 valence electrons. The highest BCUT2D eigenvalue weighted by molar-refractivity contribution is 5.74. The number of rotatable bonds is 3. The molecule has 15 heavy (non-hydrogen) atoms. The molecule has 0 heterocycles. The van der Waals surface area contributed by atoms with Gasteiger partial charge >= 0.3 is 0 Å². The highest BCUT2D eigenvalue weighted by Gasteiger charge is 2.03. The Balaban J connectivity index is 3.01. The third-order valence-electron chi connectivity index (χ3n) is 1.74. The molecule has 0 amide bonds. The van der Waals surface area contributed by atoms with Gasteiger partial charge in [-0.2, -0.15) is 0 Å². The molecule has 0 aromatic heterocycles. The predicted octanol–water partition coefficient (Wildman–Crippen LogP) is 1.64. The molecule has 0 aliphatic heterocycles. The first-order valence-corrected chi connectivity index (χ1v) is 4.57. The Kier molecular flexibility index (Phi) is 4.24. The second-order valence-electron chi connectivity index (χ2n) is 2.69. The Morgan fingerprint density at radius 1 is 1.40 bits per heavy atom. The smallest absolute Gasteiger partial charge is 0.193 e. The summed E-state index contributed by atoms with van der Waals surface area (Å²) in [6, 6.07) is 5.29. The summed E-state index contributed by atoms with van der Waals surface area (Å²) >= 11 is 0. The minimum absolute atomic E-state index is 0.558. The van der Waals surface area contributed by atoms with Crippen molar-refractivity contribution < 1.29 is 14.3 Å². The largest absolute Gasteiger partial charge is 0.493 e. The summed E-state index contributed by atoms with van der Waals surface area (Å²) in [5.41, 5.74) is 0.724. The van der Waals surface area contributed by atoms with E-state index in [1.54, 1.807) is 25.3 Å². The van der Waals surface area contributed by atoms with Crippen LogP contribution in [-0.4, -0.2) is 20.0 Å². The van der Waals surface area contributed by atoms with Crippen LogP contribution in [-0.2, 0) is 4.79 Å². The molecule has 0 N–H and O–H groups in total. The van der Waals surface area contributed by atoms with E-state index in [4.69, 9.17) is 9.47 Å². The lowest BCUT2D eigenvalue weighted by Gasteiger charge is -2.08. The standard InChI is InChI=1S/C12H12O3/c1-3-15-11-7-6-10(5-4-8-13)9-12(11)14-2/h6-9H,3H2,1-2H3. The van der Waals surface area contributed by atoms with Crippen molar-refractivity contribution in [3.05, 3.63) is 23.8 Å². The van der Waals surface area contributed by atoms with Crippen LogP contribution in [0, 0.1) is 11.8 Å². The molecule has 1 rings (SSSR count).